The molecule has 0 aliphatic carbocycles. The van der Waals surface area contributed by atoms with E-state index in [1.54, 1.807) is 0 Å². The van der Waals surface area contributed by atoms with E-state index in [1.807, 2.05) is 14.0 Å². The van der Waals surface area contributed by atoms with Gasteiger partial charge >= 0.3 is 0 Å². The molecule has 0 bridgehead atoms. The summed E-state index contributed by atoms with van der Waals surface area (Å²) in [6.45, 7) is 3.91. The summed E-state index contributed by atoms with van der Waals surface area (Å²) in [7, 11) is 1.83. The summed E-state index contributed by atoms with van der Waals surface area (Å²) in [4.78, 5) is 4.18. The first kappa shape index (κ1) is 8.21. The lowest BCUT2D eigenvalue weighted by atomic mass is 10.1. The van der Waals surface area contributed by atoms with Crippen LogP contribution >= 0.6 is 0 Å². The molecule has 1 heterocycles. The molecule has 2 heteroatoms. The number of hydrogen-bond acceptors (Lipinski definition) is 2. The van der Waals surface area contributed by atoms with Crippen LogP contribution in [0.25, 0.3) is 0 Å². The summed E-state index contributed by atoms with van der Waals surface area (Å²) in [6.07, 6.45) is 6.26. The van der Waals surface area contributed by atoms with Gasteiger partial charge in [-0.15, -0.1) is 0 Å². The van der Waals surface area contributed by atoms with Crippen molar-refractivity contribution in [2.24, 2.45) is 4.99 Å². The monoisotopic (exact) mass is 150 g/mol. The van der Waals surface area contributed by atoms with Gasteiger partial charge in [-0.05, 0) is 18.6 Å². The Hall–Kier alpha value is -0.890. The second-order valence-corrected chi connectivity index (χ2v) is 2.46. The fourth-order valence-corrected chi connectivity index (χ4v) is 1.13. The Morgan fingerprint density at radius 2 is 2.45 bits per heavy atom. The van der Waals surface area contributed by atoms with Gasteiger partial charge in [-0.1, -0.05) is 12.2 Å². The maximum absolute atomic E-state index is 4.18. The van der Waals surface area contributed by atoms with Crippen molar-refractivity contribution in [2.75, 3.05) is 20.1 Å². The molecule has 1 aliphatic heterocycles. The topological polar surface area (TPSA) is 24.4 Å². The number of nitrogens with one attached hydrogen (secondary N) is 1. The van der Waals surface area contributed by atoms with Crippen molar-refractivity contribution in [3.63, 3.8) is 0 Å². The van der Waals surface area contributed by atoms with Gasteiger partial charge in [0.1, 0.15) is 0 Å². The average Bonchev–Trinajstić information content (AvgIpc) is 2.27. The van der Waals surface area contributed by atoms with Crippen LogP contribution in [0.15, 0.2) is 28.8 Å². The predicted molar refractivity (Wildman–Crippen MR) is 49.1 cm³/mol. The fraction of sp³-hybridized carbons (Fsp3) is 0.444. The molecular formula is C9H14N2. The summed E-state index contributed by atoms with van der Waals surface area (Å²) in [5.74, 6) is 0. The van der Waals surface area contributed by atoms with Crippen molar-refractivity contribution in [1.82, 2.24) is 5.32 Å². The summed E-state index contributed by atoms with van der Waals surface area (Å²) in [5.41, 5.74) is 2.37. The molecule has 2 nitrogen and oxygen atoms in total. The molecule has 1 N–H and O–H groups in total. The van der Waals surface area contributed by atoms with Gasteiger partial charge in [0.05, 0.1) is 5.71 Å². The van der Waals surface area contributed by atoms with Crippen molar-refractivity contribution in [3.8, 4) is 0 Å². The second kappa shape index (κ2) is 4.09. The summed E-state index contributed by atoms with van der Waals surface area (Å²) < 4.78 is 0. The van der Waals surface area contributed by atoms with Crippen LogP contribution in [0.5, 0.6) is 0 Å². The highest BCUT2D eigenvalue weighted by Crippen LogP contribution is 2.01. The third-order valence-corrected chi connectivity index (χ3v) is 1.77. The Balaban J connectivity index is 2.85. The quantitative estimate of drug-likeness (QED) is 0.550. The summed E-state index contributed by atoms with van der Waals surface area (Å²) in [6, 6.07) is 0. The van der Waals surface area contributed by atoms with E-state index in [0.717, 1.165) is 18.8 Å². The molecule has 1 rings (SSSR count). The molecule has 0 amide bonds. The lowest BCUT2D eigenvalue weighted by Crippen LogP contribution is -2.17. The Kier molecular flexibility index (Phi) is 3.05. The normalized spacial score (nSPS) is 26.0. The highest BCUT2D eigenvalue weighted by molar-refractivity contribution is 6.08. The molecule has 1 aliphatic rings. The van der Waals surface area contributed by atoms with Crippen molar-refractivity contribution in [2.45, 2.75) is 6.92 Å². The van der Waals surface area contributed by atoms with Gasteiger partial charge in [0, 0.05) is 20.1 Å². The smallest absolute Gasteiger partial charge is 0.0609 e. The third kappa shape index (κ3) is 2.02. The van der Waals surface area contributed by atoms with Gasteiger partial charge in [-0.3, -0.25) is 4.99 Å². The third-order valence-electron chi connectivity index (χ3n) is 1.77. The standard InChI is InChI=1S/C9H14N2/c1-3-8-7-11-6-4-5-9(8)10-2/h3-5,11H,6-7H2,1-2H3/b8-3-,10-9-. The van der Waals surface area contributed by atoms with E-state index in [0.29, 0.717) is 0 Å². The number of aliphatic imine (C=N–C) groups is 1. The minimum absolute atomic E-state index is 0.927. The zero-order valence-electron chi connectivity index (χ0n) is 7.09. The van der Waals surface area contributed by atoms with Gasteiger partial charge in [-0.25, -0.2) is 0 Å². The average molecular weight is 150 g/mol. The Bertz CT molecular complexity index is 212. The van der Waals surface area contributed by atoms with Crippen LogP contribution < -0.4 is 5.32 Å². The Morgan fingerprint density at radius 3 is 3.09 bits per heavy atom. The van der Waals surface area contributed by atoms with Gasteiger partial charge in [0.2, 0.25) is 0 Å². The minimum atomic E-state index is 0.927. The number of allylic oxidation sites excluding steroid dienone is 2. The van der Waals surface area contributed by atoms with Crippen LogP contribution in [0.1, 0.15) is 6.92 Å². The molecule has 60 valence electrons. The van der Waals surface area contributed by atoms with Crippen LogP contribution in [-0.4, -0.2) is 25.8 Å². The van der Waals surface area contributed by atoms with E-state index in [9.17, 15) is 0 Å². The maximum atomic E-state index is 4.18. The lowest BCUT2D eigenvalue weighted by Gasteiger charge is -2.02. The molecule has 0 aromatic carbocycles. The van der Waals surface area contributed by atoms with Crippen molar-refractivity contribution in [3.05, 3.63) is 23.8 Å². The van der Waals surface area contributed by atoms with E-state index in [-0.39, 0.29) is 0 Å². The molecule has 0 fully saturated rings. The molecule has 0 unspecified atom stereocenters. The molecule has 0 aromatic rings. The first-order valence-electron chi connectivity index (χ1n) is 3.88. The van der Waals surface area contributed by atoms with E-state index in [4.69, 9.17) is 0 Å². The van der Waals surface area contributed by atoms with Crippen LogP contribution in [0.3, 0.4) is 0 Å². The van der Waals surface area contributed by atoms with Gasteiger partial charge in [-0.2, -0.15) is 0 Å². The zero-order chi connectivity index (χ0) is 8.10. The van der Waals surface area contributed by atoms with Crippen LogP contribution in [0.2, 0.25) is 0 Å². The molecule has 0 atom stereocenters. The Morgan fingerprint density at radius 1 is 1.64 bits per heavy atom. The number of rotatable bonds is 0. The fourth-order valence-electron chi connectivity index (χ4n) is 1.13. The molecule has 0 saturated heterocycles. The van der Waals surface area contributed by atoms with Crippen molar-refractivity contribution in [1.29, 1.82) is 0 Å². The number of nitrogens with zero attached hydrogens (tertiary/aromatic N) is 1. The highest BCUT2D eigenvalue weighted by atomic mass is 14.9. The summed E-state index contributed by atoms with van der Waals surface area (Å²) in [5, 5.41) is 3.28. The molecule has 11 heavy (non-hydrogen) atoms. The van der Waals surface area contributed by atoms with E-state index >= 15 is 0 Å². The van der Waals surface area contributed by atoms with Crippen LogP contribution in [0, 0.1) is 0 Å². The predicted octanol–water partition coefficient (Wildman–Crippen LogP) is 1.16. The van der Waals surface area contributed by atoms with Crippen molar-refractivity contribution < 1.29 is 0 Å². The second-order valence-electron chi connectivity index (χ2n) is 2.46. The maximum Gasteiger partial charge on any atom is 0.0609 e. The zero-order valence-corrected chi connectivity index (χ0v) is 7.09. The number of hydrogen-bond donors (Lipinski definition) is 1. The van der Waals surface area contributed by atoms with Crippen LogP contribution in [-0.2, 0) is 0 Å². The summed E-state index contributed by atoms with van der Waals surface area (Å²) >= 11 is 0. The minimum Gasteiger partial charge on any atom is -0.309 e. The molecular weight excluding hydrogens is 136 g/mol. The Labute approximate surface area is 67.7 Å². The van der Waals surface area contributed by atoms with Gasteiger partial charge in [0.25, 0.3) is 0 Å². The largest absolute Gasteiger partial charge is 0.309 e. The molecule has 0 saturated carbocycles. The SMILES string of the molecule is C/C=C1/CNCC=C/C1=N/C. The molecule has 0 radical (unpaired) electrons. The van der Waals surface area contributed by atoms with Crippen LogP contribution in [0.4, 0.5) is 0 Å². The van der Waals surface area contributed by atoms with E-state index in [2.05, 4.69) is 28.5 Å². The highest BCUT2D eigenvalue weighted by Gasteiger charge is 2.03. The van der Waals surface area contributed by atoms with E-state index in [1.165, 1.54) is 5.57 Å². The molecule has 0 spiro atoms. The van der Waals surface area contributed by atoms with E-state index < -0.39 is 0 Å². The lowest BCUT2D eigenvalue weighted by molar-refractivity contribution is 0.836. The van der Waals surface area contributed by atoms with Gasteiger partial charge < -0.3 is 5.32 Å². The molecule has 0 aromatic heterocycles. The first-order chi connectivity index (χ1) is 5.38. The van der Waals surface area contributed by atoms with Crippen molar-refractivity contribution >= 4 is 5.71 Å². The first-order valence-corrected chi connectivity index (χ1v) is 3.88. The van der Waals surface area contributed by atoms with Gasteiger partial charge in [0.15, 0.2) is 0 Å².